The number of thiazole rings is 1. The van der Waals surface area contributed by atoms with E-state index in [1.165, 1.54) is 22.7 Å². The maximum atomic E-state index is 5.94. The summed E-state index contributed by atoms with van der Waals surface area (Å²) in [5, 5.41) is 8.00. The maximum absolute atomic E-state index is 5.94. The zero-order chi connectivity index (χ0) is 19.9. The second-order valence-corrected chi connectivity index (χ2v) is 8.64. The minimum atomic E-state index is 0. The van der Waals surface area contributed by atoms with Crippen LogP contribution in [0.25, 0.3) is 0 Å². The summed E-state index contributed by atoms with van der Waals surface area (Å²) in [6.45, 7) is 12.9. The molecule has 0 spiro atoms. The first-order valence-corrected chi connectivity index (χ1v) is 11.1. The molecule has 1 atom stereocenters. The molecule has 3 rings (SSSR count). The quantitative estimate of drug-likeness (QED) is 0.304. The molecule has 1 saturated heterocycles. The normalized spacial score (nSPS) is 15.9. The highest BCUT2D eigenvalue weighted by molar-refractivity contribution is 14.0. The summed E-state index contributed by atoms with van der Waals surface area (Å²) in [5.74, 6) is 2.84. The Morgan fingerprint density at radius 1 is 1.24 bits per heavy atom. The van der Waals surface area contributed by atoms with E-state index in [9.17, 15) is 0 Å². The van der Waals surface area contributed by atoms with E-state index in [0.717, 1.165) is 55.8 Å². The summed E-state index contributed by atoms with van der Waals surface area (Å²) in [4.78, 5) is 13.3. The summed E-state index contributed by atoms with van der Waals surface area (Å²) in [5.41, 5.74) is 1.14. The predicted octanol–water partition coefficient (Wildman–Crippen LogP) is 4.21. The van der Waals surface area contributed by atoms with Crippen molar-refractivity contribution in [1.29, 1.82) is 0 Å². The monoisotopic (exact) mass is 531 g/mol. The molecule has 2 aromatic heterocycles. The highest BCUT2D eigenvalue weighted by Gasteiger charge is 2.25. The molecule has 0 radical (unpaired) electrons. The van der Waals surface area contributed by atoms with Crippen molar-refractivity contribution in [2.45, 2.75) is 53.0 Å². The maximum Gasteiger partial charge on any atom is 0.191 e. The Labute approximate surface area is 195 Å². The van der Waals surface area contributed by atoms with Crippen LogP contribution < -0.4 is 10.6 Å². The molecule has 1 aliphatic heterocycles. The number of aromatic nitrogens is 1. The van der Waals surface area contributed by atoms with Gasteiger partial charge in [-0.15, -0.1) is 35.3 Å². The van der Waals surface area contributed by atoms with Crippen LogP contribution in [-0.2, 0) is 6.42 Å². The van der Waals surface area contributed by atoms with Crippen molar-refractivity contribution < 1.29 is 4.42 Å². The van der Waals surface area contributed by atoms with Gasteiger partial charge in [0.1, 0.15) is 11.5 Å². The van der Waals surface area contributed by atoms with Crippen molar-refractivity contribution in [1.82, 2.24) is 20.5 Å². The van der Waals surface area contributed by atoms with Gasteiger partial charge in [0.05, 0.1) is 23.3 Å². The van der Waals surface area contributed by atoms with Crippen molar-refractivity contribution in [3.05, 3.63) is 39.2 Å². The van der Waals surface area contributed by atoms with Gasteiger partial charge in [0.2, 0.25) is 0 Å². The van der Waals surface area contributed by atoms with Crippen LogP contribution in [0.5, 0.6) is 0 Å². The second kappa shape index (κ2) is 11.9. The van der Waals surface area contributed by atoms with Gasteiger partial charge < -0.3 is 15.1 Å². The molecule has 0 aromatic carbocycles. The Kier molecular flexibility index (Phi) is 9.91. The third-order valence-corrected chi connectivity index (χ3v) is 6.27. The van der Waals surface area contributed by atoms with Gasteiger partial charge in [0.15, 0.2) is 5.96 Å². The van der Waals surface area contributed by atoms with Gasteiger partial charge in [-0.25, -0.2) is 4.98 Å². The number of hydrogen-bond acceptors (Lipinski definition) is 5. The van der Waals surface area contributed by atoms with E-state index in [2.05, 4.69) is 47.4 Å². The highest BCUT2D eigenvalue weighted by Crippen LogP contribution is 2.27. The van der Waals surface area contributed by atoms with Crippen LogP contribution in [0.2, 0.25) is 0 Å². The van der Waals surface area contributed by atoms with Gasteiger partial charge in [0, 0.05) is 24.4 Å². The van der Waals surface area contributed by atoms with Crippen LogP contribution in [0, 0.1) is 20.8 Å². The molecule has 0 saturated carbocycles. The van der Waals surface area contributed by atoms with E-state index in [4.69, 9.17) is 9.41 Å². The number of nitrogens with zero attached hydrogens (tertiary/aromatic N) is 3. The molecule has 0 aliphatic carbocycles. The Hall–Kier alpha value is -1.13. The fraction of sp³-hybridized carbons (Fsp3) is 0.619. The van der Waals surface area contributed by atoms with Gasteiger partial charge in [-0.1, -0.05) is 0 Å². The molecule has 2 N–H and O–H groups in total. The number of aliphatic imine (C=N–C) groups is 1. The number of likely N-dealkylation sites (tertiary alicyclic amines) is 1. The molecular formula is C21H34IN5OS. The van der Waals surface area contributed by atoms with E-state index in [1.54, 1.807) is 11.3 Å². The van der Waals surface area contributed by atoms with Crippen LogP contribution in [0.3, 0.4) is 0 Å². The van der Waals surface area contributed by atoms with Gasteiger partial charge in [0.25, 0.3) is 0 Å². The Bertz CT molecular complexity index is 762. The topological polar surface area (TPSA) is 65.7 Å². The summed E-state index contributed by atoms with van der Waals surface area (Å²) in [7, 11) is 0. The van der Waals surface area contributed by atoms with Crippen LogP contribution in [0.4, 0.5) is 0 Å². The first-order chi connectivity index (χ1) is 13.6. The van der Waals surface area contributed by atoms with E-state index in [1.807, 2.05) is 13.0 Å². The van der Waals surface area contributed by atoms with Crippen LogP contribution >= 0.6 is 35.3 Å². The van der Waals surface area contributed by atoms with Crippen LogP contribution in [0.15, 0.2) is 21.5 Å². The molecule has 1 unspecified atom stereocenters. The smallest absolute Gasteiger partial charge is 0.191 e. The summed E-state index contributed by atoms with van der Waals surface area (Å²) in [6, 6.07) is 4.35. The Morgan fingerprint density at radius 3 is 2.59 bits per heavy atom. The van der Waals surface area contributed by atoms with Gasteiger partial charge in [-0.2, -0.15) is 0 Å². The lowest BCUT2D eigenvalue weighted by atomic mass is 10.2. The number of aryl methyl sites for hydroxylation is 3. The van der Waals surface area contributed by atoms with E-state index in [0.29, 0.717) is 6.54 Å². The van der Waals surface area contributed by atoms with Crippen molar-refractivity contribution in [2.24, 2.45) is 4.99 Å². The molecule has 0 amide bonds. The third kappa shape index (κ3) is 6.96. The zero-order valence-electron chi connectivity index (χ0n) is 18.0. The SMILES string of the molecule is CCNC(=NCC(c1ccc(C)o1)N1CCCC1)NCCc1nc(C)c(C)s1.I. The van der Waals surface area contributed by atoms with Crippen molar-refractivity contribution in [3.8, 4) is 0 Å². The number of nitrogens with one attached hydrogen (secondary N) is 2. The molecule has 6 nitrogen and oxygen atoms in total. The van der Waals surface area contributed by atoms with E-state index < -0.39 is 0 Å². The van der Waals surface area contributed by atoms with Crippen molar-refractivity contribution >= 4 is 41.3 Å². The first-order valence-electron chi connectivity index (χ1n) is 10.3. The van der Waals surface area contributed by atoms with Gasteiger partial charge >= 0.3 is 0 Å². The largest absolute Gasteiger partial charge is 0.465 e. The summed E-state index contributed by atoms with van der Waals surface area (Å²) in [6.07, 6.45) is 3.42. The van der Waals surface area contributed by atoms with E-state index >= 15 is 0 Å². The molecule has 162 valence electrons. The Morgan fingerprint density at radius 2 is 2.00 bits per heavy atom. The summed E-state index contributed by atoms with van der Waals surface area (Å²) < 4.78 is 5.94. The lowest BCUT2D eigenvalue weighted by Gasteiger charge is -2.24. The molecule has 1 aliphatic rings. The van der Waals surface area contributed by atoms with Gasteiger partial charge in [-0.05, 0) is 65.8 Å². The molecule has 1 fully saturated rings. The standard InChI is InChI=1S/C21H33N5OS.HI/c1-5-22-21(23-11-10-20-25-16(3)17(4)28-20)24-14-18(26-12-6-7-13-26)19-9-8-15(2)27-19;/h8-9,18H,5-7,10-14H2,1-4H3,(H2,22,23,24);1H. The lowest BCUT2D eigenvalue weighted by Crippen LogP contribution is -2.39. The highest BCUT2D eigenvalue weighted by atomic mass is 127. The number of halogens is 1. The average molecular weight is 532 g/mol. The predicted molar refractivity (Wildman–Crippen MR) is 132 cm³/mol. The molecule has 3 heterocycles. The van der Waals surface area contributed by atoms with Gasteiger partial charge in [-0.3, -0.25) is 9.89 Å². The molecule has 29 heavy (non-hydrogen) atoms. The lowest BCUT2D eigenvalue weighted by molar-refractivity contribution is 0.219. The number of rotatable bonds is 8. The van der Waals surface area contributed by atoms with Crippen LogP contribution in [-0.4, -0.2) is 48.6 Å². The van der Waals surface area contributed by atoms with Crippen molar-refractivity contribution in [2.75, 3.05) is 32.7 Å². The van der Waals surface area contributed by atoms with Crippen molar-refractivity contribution in [3.63, 3.8) is 0 Å². The molecule has 2 aromatic rings. The third-order valence-electron chi connectivity index (χ3n) is 5.14. The second-order valence-electron chi connectivity index (χ2n) is 7.35. The summed E-state index contributed by atoms with van der Waals surface area (Å²) >= 11 is 1.78. The number of hydrogen-bond donors (Lipinski definition) is 2. The van der Waals surface area contributed by atoms with Crippen LogP contribution in [0.1, 0.15) is 52.9 Å². The average Bonchev–Trinajstić information content (AvgIpc) is 3.39. The van der Waals surface area contributed by atoms with E-state index in [-0.39, 0.29) is 30.0 Å². The fourth-order valence-electron chi connectivity index (χ4n) is 3.52. The minimum Gasteiger partial charge on any atom is -0.465 e. The molecule has 0 bridgehead atoms. The number of furan rings is 1. The molecular weight excluding hydrogens is 497 g/mol. The fourth-order valence-corrected chi connectivity index (χ4v) is 4.46. The minimum absolute atomic E-state index is 0. The Balaban J connectivity index is 0.00000300. The first kappa shape index (κ1) is 24.1. The zero-order valence-corrected chi connectivity index (χ0v) is 21.1. The number of guanidine groups is 1. The molecule has 8 heteroatoms.